The molecule has 0 aromatic carbocycles. The largest absolute Gasteiger partial charge is 0.461 e. The van der Waals surface area contributed by atoms with E-state index >= 15 is 0 Å². The molecule has 0 aromatic rings. The van der Waals surface area contributed by atoms with Crippen molar-refractivity contribution in [1.29, 1.82) is 0 Å². The van der Waals surface area contributed by atoms with Crippen molar-refractivity contribution in [3.8, 4) is 0 Å². The van der Waals surface area contributed by atoms with Crippen molar-refractivity contribution >= 4 is 37.3 Å². The normalized spacial score (nSPS) is 24.8. The zero-order valence-electron chi connectivity index (χ0n) is 9.04. The monoisotopic (exact) mass is 326 g/mol. The lowest BCUT2D eigenvalue weighted by molar-refractivity contribution is 0.00578. The smallest absolute Gasteiger partial charge is 0.403 e. The second-order valence-electron chi connectivity index (χ2n) is 4.38. The molecule has 0 saturated carbocycles. The third-order valence-corrected chi connectivity index (χ3v) is 3.95. The van der Waals surface area contributed by atoms with Crippen LogP contribution in [-0.2, 0) is 9.31 Å². The Hall–Kier alpha value is 0.805. The van der Waals surface area contributed by atoms with Gasteiger partial charge in [-0.3, -0.25) is 0 Å². The lowest BCUT2D eigenvalue weighted by atomic mass is 9.85. The first-order valence-corrected chi connectivity index (χ1v) is 8.09. The van der Waals surface area contributed by atoms with Crippen LogP contribution in [0.1, 0.15) is 27.7 Å². The number of allylic oxidation sites excluding steroid dienone is 1. The fraction of sp³-hybridized carbons (Fsp3) is 0.778. The highest BCUT2D eigenvalue weighted by Gasteiger charge is 2.50. The number of hydrogen-bond donors (Lipinski definition) is 0. The summed E-state index contributed by atoms with van der Waals surface area (Å²) in [5.74, 6) is 0. The Morgan fingerprint density at radius 3 is 2.14 bits per heavy atom. The van der Waals surface area contributed by atoms with Crippen LogP contribution in [0.2, 0.25) is 6.32 Å². The second kappa shape index (κ2) is 4.76. The maximum Gasteiger partial charge on any atom is 0.461 e. The summed E-state index contributed by atoms with van der Waals surface area (Å²) in [5, 5.41) is 2.05. The fourth-order valence-corrected chi connectivity index (χ4v) is 2.07. The molecule has 14 heavy (non-hydrogen) atoms. The molecule has 0 unspecified atom stereocenters. The Bertz CT molecular complexity index is 215. The number of halogens is 1. The van der Waals surface area contributed by atoms with Crippen LogP contribution in [0.3, 0.4) is 0 Å². The molecular formula is C9H16BIO2S. The van der Waals surface area contributed by atoms with E-state index in [-0.39, 0.29) is 18.3 Å². The predicted octanol–water partition coefficient (Wildman–Crippen LogP) is 3.68. The van der Waals surface area contributed by atoms with Crippen molar-refractivity contribution in [1.82, 2.24) is 0 Å². The summed E-state index contributed by atoms with van der Waals surface area (Å²) in [6.45, 7) is 8.29. The molecule has 0 spiro atoms. The molecular weight excluding hydrogens is 310 g/mol. The summed E-state index contributed by atoms with van der Waals surface area (Å²) < 4.78 is 11.7. The average Bonchev–Trinajstić information content (AvgIpc) is 2.21. The molecule has 1 saturated heterocycles. The van der Waals surface area contributed by atoms with Gasteiger partial charge in [0.2, 0.25) is 0 Å². The average molecular weight is 326 g/mol. The summed E-state index contributed by atoms with van der Waals surface area (Å²) in [6, 6.07) is 0. The zero-order valence-corrected chi connectivity index (χ0v) is 12.0. The molecule has 1 aliphatic heterocycles. The SMILES string of the molecule is CC1(C)OB(C/C=C/SI)OC1(C)C. The van der Waals surface area contributed by atoms with Gasteiger partial charge in [0.25, 0.3) is 0 Å². The van der Waals surface area contributed by atoms with Crippen LogP contribution in [0.25, 0.3) is 0 Å². The van der Waals surface area contributed by atoms with Crippen LogP contribution in [-0.4, -0.2) is 18.3 Å². The van der Waals surface area contributed by atoms with E-state index in [1.165, 1.54) is 0 Å². The topological polar surface area (TPSA) is 18.5 Å². The molecule has 2 nitrogen and oxygen atoms in total. The lowest BCUT2D eigenvalue weighted by Crippen LogP contribution is -2.41. The first-order valence-electron chi connectivity index (χ1n) is 4.67. The van der Waals surface area contributed by atoms with E-state index in [2.05, 4.69) is 55.0 Å². The van der Waals surface area contributed by atoms with E-state index in [1.807, 2.05) is 5.41 Å². The molecule has 1 heterocycles. The van der Waals surface area contributed by atoms with Gasteiger partial charge in [0, 0.05) is 27.5 Å². The first-order chi connectivity index (χ1) is 6.39. The van der Waals surface area contributed by atoms with E-state index in [9.17, 15) is 0 Å². The van der Waals surface area contributed by atoms with Crippen molar-refractivity contribution in [3.05, 3.63) is 11.5 Å². The molecule has 0 atom stereocenters. The van der Waals surface area contributed by atoms with Crippen LogP contribution in [0.4, 0.5) is 0 Å². The third kappa shape index (κ3) is 2.90. The lowest BCUT2D eigenvalue weighted by Gasteiger charge is -2.32. The van der Waals surface area contributed by atoms with Gasteiger partial charge in [-0.1, -0.05) is 15.0 Å². The van der Waals surface area contributed by atoms with E-state index in [0.29, 0.717) is 0 Å². The van der Waals surface area contributed by atoms with Gasteiger partial charge in [-0.15, -0.1) is 0 Å². The maximum atomic E-state index is 5.83. The minimum Gasteiger partial charge on any atom is -0.403 e. The summed E-state index contributed by atoms with van der Waals surface area (Å²) in [7, 11) is 1.57. The Kier molecular flexibility index (Phi) is 4.38. The van der Waals surface area contributed by atoms with E-state index in [1.54, 1.807) is 8.93 Å². The van der Waals surface area contributed by atoms with Gasteiger partial charge >= 0.3 is 7.12 Å². The number of hydrogen-bond acceptors (Lipinski definition) is 3. The molecule has 1 fully saturated rings. The molecule has 0 aliphatic carbocycles. The zero-order chi connectivity index (χ0) is 10.8. The van der Waals surface area contributed by atoms with Crippen LogP contribution >= 0.6 is 30.1 Å². The summed E-state index contributed by atoms with van der Waals surface area (Å²) in [4.78, 5) is 0. The summed E-state index contributed by atoms with van der Waals surface area (Å²) in [5.41, 5.74) is -0.411. The molecule has 1 rings (SSSR count). The van der Waals surface area contributed by atoms with Gasteiger partial charge in [0.15, 0.2) is 0 Å². The summed E-state index contributed by atoms with van der Waals surface area (Å²) >= 11 is 2.24. The second-order valence-corrected chi connectivity index (χ2v) is 6.36. The summed E-state index contributed by atoms with van der Waals surface area (Å²) in [6.07, 6.45) is 2.90. The van der Waals surface area contributed by atoms with Crippen LogP contribution in [0.5, 0.6) is 0 Å². The Morgan fingerprint density at radius 2 is 1.71 bits per heavy atom. The van der Waals surface area contributed by atoms with E-state index in [0.717, 1.165) is 6.32 Å². The van der Waals surface area contributed by atoms with Crippen LogP contribution in [0, 0.1) is 0 Å². The van der Waals surface area contributed by atoms with E-state index in [4.69, 9.17) is 9.31 Å². The molecule has 80 valence electrons. The maximum absolute atomic E-state index is 5.83. The molecule has 0 aromatic heterocycles. The van der Waals surface area contributed by atoms with Crippen molar-refractivity contribution in [3.63, 3.8) is 0 Å². The van der Waals surface area contributed by atoms with Crippen LogP contribution in [0.15, 0.2) is 11.5 Å². The standard InChI is InChI=1S/C9H16BIO2S/c1-8(2)9(3,4)13-10(12-8)6-5-7-14-11/h5,7H,6H2,1-4H3/b7-5+. The predicted molar refractivity (Wildman–Crippen MR) is 71.6 cm³/mol. The van der Waals surface area contributed by atoms with Gasteiger partial charge in [0.1, 0.15) is 0 Å². The van der Waals surface area contributed by atoms with Crippen molar-refractivity contribution in [2.45, 2.75) is 45.2 Å². The van der Waals surface area contributed by atoms with Crippen molar-refractivity contribution in [2.75, 3.05) is 0 Å². The van der Waals surface area contributed by atoms with Crippen molar-refractivity contribution in [2.24, 2.45) is 0 Å². The van der Waals surface area contributed by atoms with Crippen molar-refractivity contribution < 1.29 is 9.31 Å². The highest BCUT2D eigenvalue weighted by Crippen LogP contribution is 2.37. The molecule has 0 bridgehead atoms. The highest BCUT2D eigenvalue weighted by molar-refractivity contribution is 14.2. The quantitative estimate of drug-likeness (QED) is 0.582. The Balaban J connectivity index is 2.51. The molecule has 0 amide bonds. The van der Waals surface area contributed by atoms with Gasteiger partial charge in [-0.2, -0.15) is 0 Å². The van der Waals surface area contributed by atoms with Crippen LogP contribution < -0.4 is 0 Å². The third-order valence-electron chi connectivity index (χ3n) is 2.78. The molecule has 1 aliphatic rings. The number of rotatable bonds is 3. The minimum absolute atomic E-state index is 0.0974. The van der Waals surface area contributed by atoms with E-state index < -0.39 is 0 Å². The fourth-order valence-electron chi connectivity index (χ4n) is 1.26. The Labute approximate surface area is 103 Å². The molecule has 0 radical (unpaired) electrons. The highest BCUT2D eigenvalue weighted by atomic mass is 127. The van der Waals surface area contributed by atoms with Gasteiger partial charge in [-0.25, -0.2) is 0 Å². The molecule has 5 heteroatoms. The Morgan fingerprint density at radius 1 is 1.21 bits per heavy atom. The van der Waals surface area contributed by atoms with Gasteiger partial charge in [0.05, 0.1) is 11.2 Å². The molecule has 0 N–H and O–H groups in total. The van der Waals surface area contributed by atoms with Gasteiger partial charge < -0.3 is 9.31 Å². The minimum atomic E-state index is -0.205. The first kappa shape index (κ1) is 12.9. The van der Waals surface area contributed by atoms with Gasteiger partial charge in [-0.05, 0) is 33.1 Å².